The van der Waals surface area contributed by atoms with Gasteiger partial charge in [0, 0.05) is 21.7 Å². The SMILES string of the molecule is CC(C)(C)c1ccc([C@H]2c3sc(=O)[nH]c3SC3C4CC(C5C(=O)N(CC(=O)Nc6ccc(S(N)(=O)=O)cc6)C(=O)C45)C32)cc1. The van der Waals surface area contributed by atoms with Gasteiger partial charge in [-0.3, -0.25) is 24.1 Å². The zero-order valence-corrected chi connectivity index (χ0v) is 26.7. The van der Waals surface area contributed by atoms with Gasteiger partial charge in [0.1, 0.15) is 6.54 Å². The number of nitrogens with one attached hydrogen (secondary N) is 2. The van der Waals surface area contributed by atoms with Crippen LogP contribution in [0, 0.1) is 29.6 Å². The molecule has 13 heteroatoms. The molecule has 2 saturated carbocycles. The van der Waals surface area contributed by atoms with E-state index in [1.165, 1.54) is 41.2 Å². The first-order valence-corrected chi connectivity index (χ1v) is 17.7. The number of H-pyrrole nitrogens is 1. The van der Waals surface area contributed by atoms with E-state index in [0.717, 1.165) is 26.8 Å². The first-order chi connectivity index (χ1) is 20.7. The molecule has 2 aromatic carbocycles. The number of nitrogens with zero attached hydrogens (tertiary/aromatic N) is 1. The Kier molecular flexibility index (Phi) is 6.78. The van der Waals surface area contributed by atoms with Gasteiger partial charge in [0.05, 0.1) is 21.8 Å². The summed E-state index contributed by atoms with van der Waals surface area (Å²) < 4.78 is 23.0. The molecule has 7 atom stereocenters. The van der Waals surface area contributed by atoms with Crippen molar-refractivity contribution in [2.24, 2.45) is 34.7 Å². The van der Waals surface area contributed by atoms with Crippen LogP contribution in [0.2, 0.25) is 0 Å². The van der Waals surface area contributed by atoms with Crippen LogP contribution in [0.15, 0.2) is 63.2 Å². The van der Waals surface area contributed by atoms with Gasteiger partial charge >= 0.3 is 4.87 Å². The van der Waals surface area contributed by atoms with Gasteiger partial charge in [0.15, 0.2) is 0 Å². The molecule has 4 aliphatic rings. The van der Waals surface area contributed by atoms with Crippen LogP contribution in [0.5, 0.6) is 0 Å². The average Bonchev–Trinajstić information content (AvgIpc) is 3.68. The fourth-order valence-electron chi connectivity index (χ4n) is 7.87. The highest BCUT2D eigenvalue weighted by Gasteiger charge is 2.69. The van der Waals surface area contributed by atoms with Crippen molar-refractivity contribution >= 4 is 56.5 Å². The smallest absolute Gasteiger partial charge is 0.305 e. The highest BCUT2D eigenvalue weighted by molar-refractivity contribution is 8.00. The summed E-state index contributed by atoms with van der Waals surface area (Å²) in [6.07, 6.45) is 0.765. The van der Waals surface area contributed by atoms with Gasteiger partial charge in [-0.15, -0.1) is 11.8 Å². The molecule has 3 aromatic rings. The normalized spacial score (nSPS) is 29.0. The second-order valence-electron chi connectivity index (χ2n) is 13.2. The first-order valence-electron chi connectivity index (χ1n) is 14.5. The van der Waals surface area contributed by atoms with E-state index in [4.69, 9.17) is 5.14 Å². The first kappa shape index (κ1) is 29.5. The molecule has 3 fully saturated rings. The van der Waals surface area contributed by atoms with Gasteiger partial charge in [0.25, 0.3) is 0 Å². The lowest BCUT2D eigenvalue weighted by Gasteiger charge is -2.43. The monoisotopic (exact) mass is 652 g/mol. The van der Waals surface area contributed by atoms with E-state index in [2.05, 4.69) is 55.3 Å². The molecule has 2 bridgehead atoms. The quantitative estimate of drug-likeness (QED) is 0.356. The predicted octanol–water partition coefficient (Wildman–Crippen LogP) is 3.49. The van der Waals surface area contributed by atoms with Crippen molar-refractivity contribution in [2.45, 2.75) is 53.7 Å². The maximum Gasteiger partial charge on any atom is 0.305 e. The van der Waals surface area contributed by atoms with E-state index >= 15 is 0 Å². The molecule has 0 spiro atoms. The number of imide groups is 1. The number of nitrogens with two attached hydrogens (primary N) is 1. The summed E-state index contributed by atoms with van der Waals surface area (Å²) in [5.41, 5.74) is 2.64. The molecule has 2 aliphatic heterocycles. The van der Waals surface area contributed by atoms with Gasteiger partial charge in [-0.1, -0.05) is 56.4 Å². The van der Waals surface area contributed by atoms with Gasteiger partial charge in [-0.05, 0) is 65.0 Å². The molecule has 4 N–H and O–H groups in total. The van der Waals surface area contributed by atoms with Gasteiger partial charge in [-0.2, -0.15) is 0 Å². The number of sulfonamides is 1. The van der Waals surface area contributed by atoms with Crippen molar-refractivity contribution in [3.63, 3.8) is 0 Å². The minimum absolute atomic E-state index is 0.00582. The van der Waals surface area contributed by atoms with Crippen molar-refractivity contribution < 1.29 is 22.8 Å². The number of rotatable bonds is 5. The molecule has 2 aliphatic carbocycles. The molecule has 0 radical (unpaired) electrons. The lowest BCUT2D eigenvalue weighted by atomic mass is 9.68. The molecule has 3 amide bonds. The second kappa shape index (κ2) is 10.1. The molecular weight excluding hydrogens is 621 g/mol. The number of likely N-dealkylation sites (tertiary alicyclic amines) is 1. The number of thioether (sulfide) groups is 1. The molecule has 230 valence electrons. The summed E-state index contributed by atoms with van der Waals surface area (Å²) in [4.78, 5) is 57.9. The summed E-state index contributed by atoms with van der Waals surface area (Å²) in [6, 6.07) is 13.9. The number of hydrogen-bond acceptors (Lipinski definition) is 8. The molecule has 7 rings (SSSR count). The number of amides is 3. The average molecular weight is 653 g/mol. The van der Waals surface area contributed by atoms with Crippen molar-refractivity contribution in [3.05, 3.63) is 74.2 Å². The molecule has 1 saturated heterocycles. The van der Waals surface area contributed by atoms with Crippen molar-refractivity contribution in [2.75, 3.05) is 11.9 Å². The lowest BCUT2D eigenvalue weighted by molar-refractivity contribution is -0.143. The molecular formula is C31H32N4O6S3. The van der Waals surface area contributed by atoms with Crippen LogP contribution in [0.25, 0.3) is 0 Å². The van der Waals surface area contributed by atoms with Crippen LogP contribution in [-0.2, 0) is 29.8 Å². The van der Waals surface area contributed by atoms with Crippen molar-refractivity contribution in [1.82, 2.24) is 9.88 Å². The Balaban J connectivity index is 1.15. The third-order valence-corrected chi connectivity index (χ3v) is 13.2. The lowest BCUT2D eigenvalue weighted by Crippen LogP contribution is -2.42. The number of benzene rings is 2. The van der Waals surface area contributed by atoms with Crippen LogP contribution >= 0.6 is 23.1 Å². The number of fused-ring (bicyclic) bond motifs is 9. The summed E-state index contributed by atoms with van der Waals surface area (Å²) in [5, 5.41) is 8.70. The van der Waals surface area contributed by atoms with E-state index in [1.807, 2.05) is 0 Å². The predicted molar refractivity (Wildman–Crippen MR) is 167 cm³/mol. The third kappa shape index (κ3) is 4.67. The Morgan fingerprint density at radius 1 is 1.00 bits per heavy atom. The minimum Gasteiger partial charge on any atom is -0.325 e. The molecule has 6 unspecified atom stereocenters. The summed E-state index contributed by atoms with van der Waals surface area (Å²) in [5.74, 6) is -2.24. The van der Waals surface area contributed by atoms with E-state index in [0.29, 0.717) is 5.69 Å². The van der Waals surface area contributed by atoms with Crippen LogP contribution in [0.3, 0.4) is 0 Å². The van der Waals surface area contributed by atoms with Crippen LogP contribution in [0.4, 0.5) is 5.69 Å². The maximum atomic E-state index is 13.8. The summed E-state index contributed by atoms with van der Waals surface area (Å²) in [6.45, 7) is 6.09. The maximum absolute atomic E-state index is 13.8. The van der Waals surface area contributed by atoms with Crippen molar-refractivity contribution in [1.29, 1.82) is 0 Å². The zero-order valence-electron chi connectivity index (χ0n) is 24.3. The highest BCUT2D eigenvalue weighted by Crippen LogP contribution is 2.68. The summed E-state index contributed by atoms with van der Waals surface area (Å²) in [7, 11) is -3.88. The molecule has 10 nitrogen and oxygen atoms in total. The number of hydrogen-bond donors (Lipinski definition) is 3. The van der Waals surface area contributed by atoms with Crippen molar-refractivity contribution in [3.8, 4) is 0 Å². The number of aromatic nitrogens is 1. The highest BCUT2D eigenvalue weighted by atomic mass is 32.2. The summed E-state index contributed by atoms with van der Waals surface area (Å²) >= 11 is 2.86. The largest absolute Gasteiger partial charge is 0.325 e. The Labute approximate surface area is 262 Å². The molecule has 3 heterocycles. The van der Waals surface area contributed by atoms with E-state index in [1.54, 1.807) is 11.8 Å². The third-order valence-electron chi connectivity index (χ3n) is 9.72. The topological polar surface area (TPSA) is 160 Å². The van der Waals surface area contributed by atoms with Gasteiger partial charge < -0.3 is 10.3 Å². The number of thiazole rings is 1. The van der Waals surface area contributed by atoms with E-state index in [-0.39, 0.29) is 55.9 Å². The van der Waals surface area contributed by atoms with E-state index < -0.39 is 34.3 Å². The Morgan fingerprint density at radius 2 is 1.64 bits per heavy atom. The number of anilines is 1. The zero-order chi connectivity index (χ0) is 31.3. The van der Waals surface area contributed by atoms with Crippen LogP contribution < -0.4 is 15.3 Å². The number of carbonyl (C=O) groups is 3. The fraction of sp³-hybridized carbons (Fsp3) is 0.419. The Morgan fingerprint density at radius 3 is 2.25 bits per heavy atom. The van der Waals surface area contributed by atoms with Gasteiger partial charge in [-0.25, -0.2) is 13.6 Å². The number of aromatic amines is 1. The molecule has 1 aromatic heterocycles. The second-order valence-corrected chi connectivity index (χ2v) is 17.0. The number of primary sulfonamides is 1. The number of carbonyl (C=O) groups excluding carboxylic acids is 3. The standard InChI is InChI=1S/C31H32N4O6S3/c1-31(2,3)15-6-4-14(5-7-15)21-22-18-12-19(25(22)42-27-26(21)43-30(39)34-27)24-23(18)28(37)35(29(24)38)13-20(36)33-16-8-10-17(11-9-16)44(32,40)41/h4-11,18-19,21-25H,12-13H2,1-3H3,(H,33,36)(H,34,39)(H2,32,40,41)/t18?,19?,21-,22?,23?,24?,25?/m1/s1. The van der Waals surface area contributed by atoms with Crippen LogP contribution in [0.1, 0.15) is 49.1 Å². The van der Waals surface area contributed by atoms with Crippen LogP contribution in [-0.4, -0.2) is 47.8 Å². The van der Waals surface area contributed by atoms with Gasteiger partial charge in [0.2, 0.25) is 27.7 Å². The Bertz CT molecular complexity index is 1860. The Hall–Kier alpha value is -3.26. The minimum atomic E-state index is -3.88. The fourth-order valence-corrected chi connectivity index (χ4v) is 11.3. The molecule has 44 heavy (non-hydrogen) atoms. The van der Waals surface area contributed by atoms with E-state index in [9.17, 15) is 27.6 Å².